The van der Waals surface area contributed by atoms with E-state index in [0.717, 1.165) is 53.7 Å². The van der Waals surface area contributed by atoms with Crippen LogP contribution in [0.15, 0.2) is 71.9 Å². The molecular formula is C27H27ClN4O2S. The molecular weight excluding hydrogens is 480 g/mol. The van der Waals surface area contributed by atoms with Gasteiger partial charge in [0.05, 0.1) is 40.2 Å². The summed E-state index contributed by atoms with van der Waals surface area (Å²) in [7, 11) is 0. The maximum Gasteiger partial charge on any atom is 0.237 e. The fourth-order valence-electron chi connectivity index (χ4n) is 4.13. The average molecular weight is 507 g/mol. The number of morpholine rings is 1. The zero-order valence-electron chi connectivity index (χ0n) is 19.7. The van der Waals surface area contributed by atoms with Crippen LogP contribution in [0.2, 0.25) is 5.02 Å². The molecule has 3 aromatic carbocycles. The fourth-order valence-corrected chi connectivity index (χ4v) is 5.36. The first-order chi connectivity index (χ1) is 17.0. The summed E-state index contributed by atoms with van der Waals surface area (Å²) in [6.07, 6.45) is 0. The van der Waals surface area contributed by atoms with E-state index in [1.807, 2.05) is 50.2 Å². The average Bonchev–Trinajstić information content (AvgIpc) is 3.24. The van der Waals surface area contributed by atoms with Crippen LogP contribution in [-0.4, -0.2) is 47.0 Å². The second-order valence-electron chi connectivity index (χ2n) is 8.57. The van der Waals surface area contributed by atoms with E-state index in [2.05, 4.69) is 45.1 Å². The predicted octanol–water partition coefficient (Wildman–Crippen LogP) is 5.94. The SMILES string of the molecule is Cc1ccc(NC(=O)C(C)Sc2nc3ccccc3n2-c2ccc(N3CCOCC3)cc2)c(Cl)c1. The standard InChI is InChI=1S/C27H27ClN4O2S/c1-18-7-12-23(22(28)17-18)29-26(33)19(2)35-27-30-24-5-3-4-6-25(24)32(27)21-10-8-20(9-11-21)31-13-15-34-16-14-31/h3-12,17,19H,13-16H2,1-2H3,(H,29,33). The topological polar surface area (TPSA) is 59.4 Å². The van der Waals surface area contributed by atoms with E-state index >= 15 is 0 Å². The number of amides is 1. The Balaban J connectivity index is 1.41. The first-order valence-corrected chi connectivity index (χ1v) is 12.9. The van der Waals surface area contributed by atoms with Crippen LogP contribution in [0.5, 0.6) is 0 Å². The lowest BCUT2D eigenvalue weighted by atomic mass is 10.2. The fraction of sp³-hybridized carbons (Fsp3) is 0.259. The number of aryl methyl sites for hydroxylation is 1. The number of rotatable bonds is 6. The van der Waals surface area contributed by atoms with Crippen LogP contribution in [0.1, 0.15) is 12.5 Å². The summed E-state index contributed by atoms with van der Waals surface area (Å²) in [5, 5.41) is 3.87. The quantitative estimate of drug-likeness (QED) is 0.328. The molecule has 1 aliphatic heterocycles. The van der Waals surface area contributed by atoms with Crippen molar-refractivity contribution < 1.29 is 9.53 Å². The molecule has 1 fully saturated rings. The molecule has 0 aliphatic carbocycles. The van der Waals surface area contributed by atoms with Gasteiger partial charge >= 0.3 is 0 Å². The molecule has 1 amide bonds. The largest absolute Gasteiger partial charge is 0.378 e. The molecule has 1 atom stereocenters. The summed E-state index contributed by atoms with van der Waals surface area (Å²) in [5.74, 6) is -0.123. The third-order valence-corrected chi connectivity index (χ3v) is 7.41. The van der Waals surface area contributed by atoms with Crippen LogP contribution in [-0.2, 0) is 9.53 Å². The van der Waals surface area contributed by atoms with E-state index in [9.17, 15) is 4.79 Å². The molecule has 1 aliphatic rings. The van der Waals surface area contributed by atoms with E-state index < -0.39 is 0 Å². The molecule has 4 aromatic rings. The van der Waals surface area contributed by atoms with Gasteiger partial charge in [0.15, 0.2) is 5.16 Å². The molecule has 1 N–H and O–H groups in total. The van der Waals surface area contributed by atoms with Crippen molar-refractivity contribution in [1.29, 1.82) is 0 Å². The van der Waals surface area contributed by atoms with E-state index in [4.69, 9.17) is 21.3 Å². The third-order valence-electron chi connectivity index (χ3n) is 6.05. The van der Waals surface area contributed by atoms with Crippen LogP contribution >= 0.6 is 23.4 Å². The number of nitrogens with one attached hydrogen (secondary N) is 1. The summed E-state index contributed by atoms with van der Waals surface area (Å²) in [6, 6.07) is 22.1. The van der Waals surface area contributed by atoms with Gasteiger partial charge < -0.3 is 15.0 Å². The minimum absolute atomic E-state index is 0.123. The van der Waals surface area contributed by atoms with Gasteiger partial charge in [-0.3, -0.25) is 9.36 Å². The van der Waals surface area contributed by atoms with E-state index in [-0.39, 0.29) is 11.2 Å². The highest BCUT2D eigenvalue weighted by Crippen LogP contribution is 2.32. The zero-order valence-corrected chi connectivity index (χ0v) is 21.3. The lowest BCUT2D eigenvalue weighted by Gasteiger charge is -2.29. The maximum absolute atomic E-state index is 13.0. The van der Waals surface area contributed by atoms with Gasteiger partial charge in [-0.05, 0) is 67.9 Å². The highest BCUT2D eigenvalue weighted by molar-refractivity contribution is 8.00. The molecule has 35 heavy (non-hydrogen) atoms. The maximum atomic E-state index is 13.0. The van der Waals surface area contributed by atoms with E-state index in [1.54, 1.807) is 0 Å². The van der Waals surface area contributed by atoms with E-state index in [0.29, 0.717) is 10.7 Å². The molecule has 6 nitrogen and oxygen atoms in total. The Hall–Kier alpha value is -3.00. The number of imidazole rings is 1. The lowest BCUT2D eigenvalue weighted by Crippen LogP contribution is -2.36. The number of carbonyl (C=O) groups is 1. The van der Waals surface area contributed by atoms with Gasteiger partial charge in [0.1, 0.15) is 0 Å². The van der Waals surface area contributed by atoms with Crippen molar-refractivity contribution in [3.05, 3.63) is 77.3 Å². The lowest BCUT2D eigenvalue weighted by molar-refractivity contribution is -0.115. The van der Waals surface area contributed by atoms with Crippen molar-refractivity contribution in [1.82, 2.24) is 9.55 Å². The van der Waals surface area contributed by atoms with Gasteiger partial charge in [-0.25, -0.2) is 4.98 Å². The number of thioether (sulfide) groups is 1. The molecule has 0 spiro atoms. The minimum Gasteiger partial charge on any atom is -0.378 e. The van der Waals surface area contributed by atoms with Crippen molar-refractivity contribution in [2.24, 2.45) is 0 Å². The van der Waals surface area contributed by atoms with Crippen LogP contribution < -0.4 is 10.2 Å². The second-order valence-corrected chi connectivity index (χ2v) is 10.3. The number of nitrogens with zero attached hydrogens (tertiary/aromatic N) is 3. The van der Waals surface area contributed by atoms with Crippen LogP contribution in [0, 0.1) is 6.92 Å². The smallest absolute Gasteiger partial charge is 0.237 e. The summed E-state index contributed by atoms with van der Waals surface area (Å²) >= 11 is 7.75. The Morgan fingerprint density at radius 3 is 2.51 bits per heavy atom. The molecule has 5 rings (SSSR count). The Bertz CT molecular complexity index is 1350. The zero-order chi connectivity index (χ0) is 24.4. The normalized spacial score (nSPS) is 14.8. The summed E-state index contributed by atoms with van der Waals surface area (Å²) in [5.41, 5.74) is 5.74. The Labute approximate surface area is 214 Å². The number of halogens is 1. The first kappa shape index (κ1) is 23.7. The highest BCUT2D eigenvalue weighted by Gasteiger charge is 2.21. The van der Waals surface area contributed by atoms with Crippen LogP contribution in [0.25, 0.3) is 16.7 Å². The molecule has 0 radical (unpaired) electrons. The number of ether oxygens (including phenoxy) is 1. The molecule has 8 heteroatoms. The minimum atomic E-state index is -0.379. The van der Waals surface area contributed by atoms with Crippen molar-refractivity contribution in [3.8, 4) is 5.69 Å². The number of aromatic nitrogens is 2. The molecule has 1 unspecified atom stereocenters. The van der Waals surface area contributed by atoms with Crippen molar-refractivity contribution in [2.75, 3.05) is 36.5 Å². The number of fused-ring (bicyclic) bond motifs is 1. The number of hydrogen-bond acceptors (Lipinski definition) is 5. The number of anilines is 2. The number of carbonyl (C=O) groups excluding carboxylic acids is 1. The molecule has 0 bridgehead atoms. The molecule has 1 saturated heterocycles. The molecule has 0 saturated carbocycles. The van der Waals surface area contributed by atoms with Gasteiger partial charge in [0, 0.05) is 24.5 Å². The Morgan fingerprint density at radius 1 is 1.06 bits per heavy atom. The number of benzene rings is 3. The van der Waals surface area contributed by atoms with Gasteiger partial charge in [0.25, 0.3) is 0 Å². The third kappa shape index (κ3) is 5.17. The second kappa shape index (κ2) is 10.3. The highest BCUT2D eigenvalue weighted by atomic mass is 35.5. The van der Waals surface area contributed by atoms with E-state index in [1.165, 1.54) is 17.4 Å². The molecule has 180 valence electrons. The summed E-state index contributed by atoms with van der Waals surface area (Å²) in [6.45, 7) is 7.14. The molecule has 1 aromatic heterocycles. The first-order valence-electron chi connectivity index (χ1n) is 11.6. The van der Waals surface area contributed by atoms with Gasteiger partial charge in [-0.15, -0.1) is 0 Å². The predicted molar refractivity (Wildman–Crippen MR) is 144 cm³/mol. The van der Waals surface area contributed by atoms with Crippen molar-refractivity contribution in [3.63, 3.8) is 0 Å². The van der Waals surface area contributed by atoms with Crippen LogP contribution in [0.4, 0.5) is 11.4 Å². The van der Waals surface area contributed by atoms with Crippen molar-refractivity contribution >= 4 is 51.7 Å². The monoisotopic (exact) mass is 506 g/mol. The summed E-state index contributed by atoms with van der Waals surface area (Å²) < 4.78 is 7.59. The van der Waals surface area contributed by atoms with Crippen LogP contribution in [0.3, 0.4) is 0 Å². The van der Waals surface area contributed by atoms with Crippen molar-refractivity contribution in [2.45, 2.75) is 24.3 Å². The van der Waals surface area contributed by atoms with Gasteiger partial charge in [0.2, 0.25) is 5.91 Å². The number of para-hydroxylation sites is 2. The molecule has 2 heterocycles. The number of hydrogen-bond donors (Lipinski definition) is 1. The van der Waals surface area contributed by atoms with Gasteiger partial charge in [-0.2, -0.15) is 0 Å². The summed E-state index contributed by atoms with van der Waals surface area (Å²) in [4.78, 5) is 20.2. The van der Waals surface area contributed by atoms with Gasteiger partial charge in [-0.1, -0.05) is 41.6 Å². The Kier molecular flexibility index (Phi) is 7.00. The Morgan fingerprint density at radius 2 is 1.77 bits per heavy atom.